The Morgan fingerprint density at radius 1 is 1.20 bits per heavy atom. The lowest BCUT2D eigenvalue weighted by molar-refractivity contribution is 0.127. The van der Waals surface area contributed by atoms with Crippen molar-refractivity contribution in [2.24, 2.45) is 5.73 Å². The largest absolute Gasteiger partial charge is 0.437 e. The topological polar surface area (TPSA) is 52.3 Å². The highest BCUT2D eigenvalue weighted by Gasteiger charge is 2.18. The van der Waals surface area contributed by atoms with Crippen LogP contribution in [-0.2, 0) is 4.74 Å². The SMILES string of the molecule is NC(=O)OC(c1ccsc1)c1ccsc1. The van der Waals surface area contributed by atoms with E-state index in [1.54, 1.807) is 22.7 Å². The van der Waals surface area contributed by atoms with Crippen molar-refractivity contribution in [3.63, 3.8) is 0 Å². The molecule has 3 nitrogen and oxygen atoms in total. The fourth-order valence-corrected chi connectivity index (χ4v) is 2.64. The number of ether oxygens (including phenoxy) is 1. The van der Waals surface area contributed by atoms with Crippen LogP contribution in [0.15, 0.2) is 33.7 Å². The molecule has 2 heterocycles. The molecular formula is C10H9NO2S2. The van der Waals surface area contributed by atoms with Crippen molar-refractivity contribution >= 4 is 28.8 Å². The molecule has 0 aromatic carbocycles. The van der Waals surface area contributed by atoms with E-state index in [0.29, 0.717) is 0 Å². The first-order valence-electron chi connectivity index (χ1n) is 4.27. The van der Waals surface area contributed by atoms with Crippen LogP contribution in [0.3, 0.4) is 0 Å². The predicted octanol–water partition coefficient (Wildman–Crippen LogP) is 2.99. The fourth-order valence-electron chi connectivity index (χ4n) is 1.29. The molecule has 0 atom stereocenters. The maximum Gasteiger partial charge on any atom is 0.405 e. The van der Waals surface area contributed by atoms with Gasteiger partial charge < -0.3 is 10.5 Å². The average molecular weight is 239 g/mol. The summed E-state index contributed by atoms with van der Waals surface area (Å²) >= 11 is 3.13. The quantitative estimate of drug-likeness (QED) is 0.895. The Balaban J connectivity index is 2.29. The first-order chi connectivity index (χ1) is 7.27. The minimum absolute atomic E-state index is 0.375. The van der Waals surface area contributed by atoms with Crippen LogP contribution in [0, 0.1) is 0 Å². The monoisotopic (exact) mass is 239 g/mol. The van der Waals surface area contributed by atoms with Crippen molar-refractivity contribution in [2.45, 2.75) is 6.10 Å². The van der Waals surface area contributed by atoms with Gasteiger partial charge in [0.25, 0.3) is 0 Å². The first-order valence-corrected chi connectivity index (χ1v) is 6.16. The Bertz CT molecular complexity index is 388. The Kier molecular flexibility index (Phi) is 3.03. The molecular weight excluding hydrogens is 230 g/mol. The summed E-state index contributed by atoms with van der Waals surface area (Å²) in [5.41, 5.74) is 6.96. The third kappa shape index (κ3) is 2.37. The molecule has 2 rings (SSSR count). The van der Waals surface area contributed by atoms with Gasteiger partial charge in [-0.25, -0.2) is 4.79 Å². The molecule has 15 heavy (non-hydrogen) atoms. The summed E-state index contributed by atoms with van der Waals surface area (Å²) in [7, 11) is 0. The van der Waals surface area contributed by atoms with E-state index < -0.39 is 6.09 Å². The van der Waals surface area contributed by atoms with E-state index in [1.165, 1.54) is 0 Å². The molecule has 78 valence electrons. The zero-order valence-corrected chi connectivity index (χ0v) is 9.38. The second-order valence-electron chi connectivity index (χ2n) is 2.93. The molecule has 0 aliphatic rings. The van der Waals surface area contributed by atoms with E-state index in [0.717, 1.165) is 11.1 Å². The molecule has 0 radical (unpaired) electrons. The first kappa shape index (κ1) is 10.2. The van der Waals surface area contributed by atoms with Gasteiger partial charge in [0.05, 0.1) is 0 Å². The van der Waals surface area contributed by atoms with Gasteiger partial charge in [0, 0.05) is 11.1 Å². The van der Waals surface area contributed by atoms with Crippen molar-refractivity contribution < 1.29 is 9.53 Å². The summed E-state index contributed by atoms with van der Waals surface area (Å²) in [6.45, 7) is 0. The van der Waals surface area contributed by atoms with E-state index >= 15 is 0 Å². The van der Waals surface area contributed by atoms with Gasteiger partial charge in [-0.15, -0.1) is 0 Å². The van der Waals surface area contributed by atoms with Gasteiger partial charge in [-0.2, -0.15) is 22.7 Å². The number of thiophene rings is 2. The maximum absolute atomic E-state index is 10.8. The number of hydrogen-bond acceptors (Lipinski definition) is 4. The van der Waals surface area contributed by atoms with Gasteiger partial charge in [0.2, 0.25) is 0 Å². The molecule has 0 saturated heterocycles. The molecule has 1 amide bonds. The predicted molar refractivity (Wildman–Crippen MR) is 61.1 cm³/mol. The van der Waals surface area contributed by atoms with Gasteiger partial charge in [-0.1, -0.05) is 0 Å². The number of nitrogens with two attached hydrogens (primary N) is 1. The summed E-state index contributed by atoms with van der Waals surface area (Å²) in [6, 6.07) is 3.85. The van der Waals surface area contributed by atoms with Gasteiger partial charge in [0.1, 0.15) is 0 Å². The highest BCUT2D eigenvalue weighted by atomic mass is 32.1. The van der Waals surface area contributed by atoms with E-state index in [2.05, 4.69) is 0 Å². The minimum Gasteiger partial charge on any atom is -0.437 e. The van der Waals surface area contributed by atoms with Gasteiger partial charge in [-0.3, -0.25) is 0 Å². The molecule has 0 aliphatic heterocycles. The second kappa shape index (κ2) is 4.46. The van der Waals surface area contributed by atoms with E-state index in [9.17, 15) is 4.79 Å². The van der Waals surface area contributed by atoms with Crippen LogP contribution in [0.25, 0.3) is 0 Å². The lowest BCUT2D eigenvalue weighted by Gasteiger charge is -2.13. The van der Waals surface area contributed by atoms with Crippen LogP contribution in [0.1, 0.15) is 17.2 Å². The van der Waals surface area contributed by atoms with Gasteiger partial charge in [-0.05, 0) is 33.7 Å². The molecule has 2 N–H and O–H groups in total. The highest BCUT2D eigenvalue weighted by molar-refractivity contribution is 7.08. The van der Waals surface area contributed by atoms with Crippen molar-refractivity contribution in [2.75, 3.05) is 0 Å². The molecule has 5 heteroatoms. The number of rotatable bonds is 3. The molecule has 2 aromatic rings. The maximum atomic E-state index is 10.8. The third-order valence-electron chi connectivity index (χ3n) is 1.93. The van der Waals surface area contributed by atoms with Crippen LogP contribution < -0.4 is 5.73 Å². The zero-order valence-electron chi connectivity index (χ0n) is 7.75. The second-order valence-corrected chi connectivity index (χ2v) is 4.49. The molecule has 0 bridgehead atoms. The normalized spacial score (nSPS) is 10.5. The van der Waals surface area contributed by atoms with Crippen LogP contribution in [0.4, 0.5) is 4.79 Å². The zero-order chi connectivity index (χ0) is 10.7. The summed E-state index contributed by atoms with van der Waals surface area (Å²) < 4.78 is 5.09. The Morgan fingerprint density at radius 2 is 1.73 bits per heavy atom. The van der Waals surface area contributed by atoms with E-state index in [4.69, 9.17) is 10.5 Å². The summed E-state index contributed by atoms with van der Waals surface area (Å²) in [5.74, 6) is 0. The van der Waals surface area contributed by atoms with Crippen molar-refractivity contribution in [3.05, 3.63) is 44.8 Å². The smallest absolute Gasteiger partial charge is 0.405 e. The van der Waals surface area contributed by atoms with E-state index in [-0.39, 0.29) is 6.10 Å². The summed E-state index contributed by atoms with van der Waals surface area (Å²) in [5, 5.41) is 7.79. The Hall–Kier alpha value is -1.33. The van der Waals surface area contributed by atoms with Crippen LogP contribution in [0.2, 0.25) is 0 Å². The molecule has 0 aliphatic carbocycles. The van der Waals surface area contributed by atoms with Crippen LogP contribution in [-0.4, -0.2) is 6.09 Å². The van der Waals surface area contributed by atoms with Gasteiger partial charge >= 0.3 is 6.09 Å². The van der Waals surface area contributed by atoms with E-state index in [1.807, 2.05) is 33.7 Å². The Labute approximate surface area is 95.1 Å². The molecule has 0 fully saturated rings. The van der Waals surface area contributed by atoms with Crippen molar-refractivity contribution in [1.29, 1.82) is 0 Å². The minimum atomic E-state index is -0.752. The molecule has 0 saturated carbocycles. The summed E-state index contributed by atoms with van der Waals surface area (Å²) in [4.78, 5) is 10.8. The standard InChI is InChI=1S/C10H9NO2S2/c11-10(12)13-9(7-1-3-14-5-7)8-2-4-15-6-8/h1-6,9H,(H2,11,12). The van der Waals surface area contributed by atoms with Crippen LogP contribution in [0.5, 0.6) is 0 Å². The third-order valence-corrected chi connectivity index (χ3v) is 3.33. The van der Waals surface area contributed by atoms with Crippen molar-refractivity contribution in [1.82, 2.24) is 0 Å². The van der Waals surface area contributed by atoms with Crippen LogP contribution >= 0.6 is 22.7 Å². The number of primary amides is 1. The molecule has 0 unspecified atom stereocenters. The highest BCUT2D eigenvalue weighted by Crippen LogP contribution is 2.28. The van der Waals surface area contributed by atoms with Gasteiger partial charge in [0.15, 0.2) is 6.10 Å². The summed E-state index contributed by atoms with van der Waals surface area (Å²) in [6.07, 6.45) is -1.13. The van der Waals surface area contributed by atoms with Crippen molar-refractivity contribution in [3.8, 4) is 0 Å². The number of hydrogen-bond donors (Lipinski definition) is 1. The lowest BCUT2D eigenvalue weighted by atomic mass is 10.1. The lowest BCUT2D eigenvalue weighted by Crippen LogP contribution is -2.17. The number of amides is 1. The molecule has 0 spiro atoms. The number of carbonyl (C=O) groups is 1. The average Bonchev–Trinajstić information content (AvgIpc) is 2.87. The fraction of sp³-hybridized carbons (Fsp3) is 0.100. The number of carbonyl (C=O) groups excluding carboxylic acids is 1. The molecule has 2 aromatic heterocycles. The Morgan fingerprint density at radius 3 is 2.07 bits per heavy atom.